The van der Waals surface area contributed by atoms with Crippen LogP contribution in [0.5, 0.6) is 0 Å². The number of hydrogen-bond donors (Lipinski definition) is 0. The molecular weight excluding hydrogens is 196 g/mol. The molecule has 0 saturated carbocycles. The van der Waals surface area contributed by atoms with Gasteiger partial charge in [-0.2, -0.15) is 0 Å². The fraction of sp³-hybridized carbons (Fsp3) is 0.333. The predicted molar refractivity (Wildman–Crippen MR) is 40.9 cm³/mol. The van der Waals surface area contributed by atoms with E-state index < -0.39 is 0 Å². The molecule has 1 aromatic heterocycles. The van der Waals surface area contributed by atoms with E-state index in [0.29, 0.717) is 5.82 Å². The van der Waals surface area contributed by atoms with Crippen LogP contribution in [0.25, 0.3) is 0 Å². The Morgan fingerprint density at radius 1 is 1.80 bits per heavy atom. The fourth-order valence-electron chi connectivity index (χ4n) is 0.716. The van der Waals surface area contributed by atoms with Gasteiger partial charge < -0.3 is 4.57 Å². The number of carbonyl (C=O) groups excluding carboxylic acids is 1. The Morgan fingerprint density at radius 3 is 2.60 bits per heavy atom. The maximum atomic E-state index is 10.8. The molecule has 0 N–H and O–H groups in total. The summed E-state index contributed by atoms with van der Waals surface area (Å²) >= 11 is 3.23. The molecule has 10 heavy (non-hydrogen) atoms. The molecule has 0 aliphatic carbocycles. The Kier molecular flexibility index (Phi) is 1.89. The molecule has 1 heterocycles. The highest BCUT2D eigenvalue weighted by Crippen LogP contribution is 2.09. The quantitative estimate of drug-likeness (QED) is 0.646. The van der Waals surface area contributed by atoms with Crippen molar-refractivity contribution in [1.29, 1.82) is 0 Å². The number of imidazole rings is 1. The van der Waals surface area contributed by atoms with Crippen LogP contribution in [0.1, 0.15) is 17.5 Å². The van der Waals surface area contributed by atoms with Crippen molar-refractivity contribution in [2.24, 2.45) is 7.05 Å². The Bertz CT molecular complexity index is 267. The van der Waals surface area contributed by atoms with Gasteiger partial charge in [-0.25, -0.2) is 4.98 Å². The lowest BCUT2D eigenvalue weighted by molar-refractivity contribution is 0.100. The van der Waals surface area contributed by atoms with Crippen molar-refractivity contribution < 1.29 is 4.79 Å². The summed E-state index contributed by atoms with van der Waals surface area (Å²) in [6.07, 6.45) is 1.61. The lowest BCUT2D eigenvalue weighted by Crippen LogP contribution is -2.02. The third-order valence-electron chi connectivity index (χ3n) is 1.25. The number of ketones is 1. The van der Waals surface area contributed by atoms with Crippen LogP contribution in [0, 0.1) is 0 Å². The molecule has 0 unspecified atom stereocenters. The number of halogens is 1. The standard InChI is InChI=1S/C6H7BrN2O/c1-4(10)6-8-3-5(7)9(6)2/h3H,1-2H3. The molecule has 0 aliphatic rings. The lowest BCUT2D eigenvalue weighted by Gasteiger charge is -1.95. The van der Waals surface area contributed by atoms with Crippen LogP contribution in [-0.4, -0.2) is 15.3 Å². The third kappa shape index (κ3) is 1.11. The highest BCUT2D eigenvalue weighted by molar-refractivity contribution is 9.10. The minimum Gasteiger partial charge on any atom is -0.319 e. The van der Waals surface area contributed by atoms with Crippen molar-refractivity contribution in [3.63, 3.8) is 0 Å². The van der Waals surface area contributed by atoms with Gasteiger partial charge in [-0.1, -0.05) is 0 Å². The van der Waals surface area contributed by atoms with E-state index >= 15 is 0 Å². The molecule has 1 rings (SSSR count). The molecule has 1 aromatic rings. The average molecular weight is 203 g/mol. The van der Waals surface area contributed by atoms with Crippen LogP contribution in [0.2, 0.25) is 0 Å². The Labute approximate surface area is 67.2 Å². The van der Waals surface area contributed by atoms with E-state index in [1.807, 2.05) is 0 Å². The molecule has 54 valence electrons. The highest BCUT2D eigenvalue weighted by atomic mass is 79.9. The number of Topliss-reactive ketones (excluding diaryl/α,β-unsaturated/α-hetero) is 1. The first-order chi connectivity index (χ1) is 4.63. The zero-order valence-electron chi connectivity index (χ0n) is 5.76. The second-order valence-corrected chi connectivity index (χ2v) is 2.83. The average Bonchev–Trinajstić information content (AvgIpc) is 2.14. The van der Waals surface area contributed by atoms with Crippen LogP contribution < -0.4 is 0 Å². The smallest absolute Gasteiger partial charge is 0.195 e. The SMILES string of the molecule is CC(=O)c1ncc(Br)n1C. The Morgan fingerprint density at radius 2 is 2.40 bits per heavy atom. The van der Waals surface area contributed by atoms with Crippen LogP contribution in [0.4, 0.5) is 0 Å². The molecule has 3 nitrogen and oxygen atoms in total. The maximum Gasteiger partial charge on any atom is 0.195 e. The molecule has 0 aliphatic heterocycles. The summed E-state index contributed by atoms with van der Waals surface area (Å²) in [5, 5.41) is 0. The predicted octanol–water partition coefficient (Wildman–Crippen LogP) is 1.39. The summed E-state index contributed by atoms with van der Waals surface area (Å²) in [5.74, 6) is 0.458. The monoisotopic (exact) mass is 202 g/mol. The van der Waals surface area contributed by atoms with Crippen LogP contribution in [-0.2, 0) is 7.05 Å². The zero-order valence-corrected chi connectivity index (χ0v) is 7.34. The number of nitrogens with zero attached hydrogens (tertiary/aromatic N) is 2. The number of carbonyl (C=O) groups is 1. The van der Waals surface area contributed by atoms with Gasteiger partial charge in [0, 0.05) is 14.0 Å². The van der Waals surface area contributed by atoms with E-state index in [4.69, 9.17) is 0 Å². The van der Waals surface area contributed by atoms with E-state index in [1.165, 1.54) is 6.92 Å². The molecule has 0 spiro atoms. The second-order valence-electron chi connectivity index (χ2n) is 2.02. The van der Waals surface area contributed by atoms with Crippen molar-refractivity contribution >= 4 is 21.7 Å². The molecule has 0 amide bonds. The van der Waals surface area contributed by atoms with Gasteiger partial charge in [0.1, 0.15) is 4.60 Å². The van der Waals surface area contributed by atoms with Gasteiger partial charge in [-0.15, -0.1) is 0 Å². The lowest BCUT2D eigenvalue weighted by atomic mass is 10.4. The van der Waals surface area contributed by atoms with Crippen molar-refractivity contribution in [1.82, 2.24) is 9.55 Å². The van der Waals surface area contributed by atoms with E-state index in [-0.39, 0.29) is 5.78 Å². The van der Waals surface area contributed by atoms with E-state index in [1.54, 1.807) is 17.8 Å². The number of rotatable bonds is 1. The zero-order chi connectivity index (χ0) is 7.72. The van der Waals surface area contributed by atoms with E-state index in [0.717, 1.165) is 4.60 Å². The van der Waals surface area contributed by atoms with Gasteiger partial charge in [-0.3, -0.25) is 4.79 Å². The summed E-state index contributed by atoms with van der Waals surface area (Å²) in [6, 6.07) is 0. The topological polar surface area (TPSA) is 34.9 Å². The van der Waals surface area contributed by atoms with Gasteiger partial charge in [0.15, 0.2) is 11.6 Å². The first-order valence-electron chi connectivity index (χ1n) is 2.81. The first-order valence-corrected chi connectivity index (χ1v) is 3.60. The third-order valence-corrected chi connectivity index (χ3v) is 1.98. The molecule has 0 radical (unpaired) electrons. The summed E-state index contributed by atoms with van der Waals surface area (Å²) in [6.45, 7) is 1.49. The molecule has 4 heteroatoms. The maximum absolute atomic E-state index is 10.8. The van der Waals surface area contributed by atoms with Crippen molar-refractivity contribution in [3.8, 4) is 0 Å². The molecule has 0 aromatic carbocycles. The van der Waals surface area contributed by atoms with Gasteiger partial charge >= 0.3 is 0 Å². The molecule has 0 atom stereocenters. The normalized spacial score (nSPS) is 9.90. The van der Waals surface area contributed by atoms with Gasteiger partial charge in [0.2, 0.25) is 0 Å². The Balaban J connectivity index is 3.17. The summed E-state index contributed by atoms with van der Waals surface area (Å²) in [4.78, 5) is 14.7. The van der Waals surface area contributed by atoms with Crippen LogP contribution >= 0.6 is 15.9 Å². The van der Waals surface area contributed by atoms with E-state index in [2.05, 4.69) is 20.9 Å². The molecular formula is C6H7BrN2O. The largest absolute Gasteiger partial charge is 0.319 e. The van der Waals surface area contributed by atoms with Crippen molar-refractivity contribution in [2.75, 3.05) is 0 Å². The van der Waals surface area contributed by atoms with E-state index in [9.17, 15) is 4.79 Å². The summed E-state index contributed by atoms with van der Waals surface area (Å²) < 4.78 is 2.51. The van der Waals surface area contributed by atoms with Gasteiger partial charge in [0.05, 0.1) is 6.20 Å². The first kappa shape index (κ1) is 7.47. The van der Waals surface area contributed by atoms with Crippen LogP contribution in [0.15, 0.2) is 10.8 Å². The number of hydrogen-bond acceptors (Lipinski definition) is 2. The fourth-order valence-corrected chi connectivity index (χ4v) is 0.986. The van der Waals surface area contributed by atoms with Crippen LogP contribution in [0.3, 0.4) is 0 Å². The Hall–Kier alpha value is -0.640. The van der Waals surface area contributed by atoms with Crippen molar-refractivity contribution in [3.05, 3.63) is 16.6 Å². The minimum atomic E-state index is -0.0202. The van der Waals surface area contributed by atoms with Crippen molar-refractivity contribution in [2.45, 2.75) is 6.92 Å². The molecule has 0 saturated heterocycles. The van der Waals surface area contributed by atoms with Gasteiger partial charge in [-0.05, 0) is 15.9 Å². The second kappa shape index (κ2) is 2.54. The number of aromatic nitrogens is 2. The highest BCUT2D eigenvalue weighted by Gasteiger charge is 2.06. The summed E-state index contributed by atoms with van der Waals surface area (Å²) in [7, 11) is 1.79. The summed E-state index contributed by atoms with van der Waals surface area (Å²) in [5.41, 5.74) is 0. The molecule has 0 fully saturated rings. The van der Waals surface area contributed by atoms with Gasteiger partial charge in [0.25, 0.3) is 0 Å². The molecule has 0 bridgehead atoms. The minimum absolute atomic E-state index is 0.0202.